The van der Waals surface area contributed by atoms with Crippen LogP contribution >= 0.6 is 11.6 Å². The van der Waals surface area contributed by atoms with E-state index in [4.69, 9.17) is 21.1 Å². The van der Waals surface area contributed by atoms with Crippen LogP contribution in [0.15, 0.2) is 23.1 Å². The van der Waals surface area contributed by atoms with Gasteiger partial charge in [0, 0.05) is 19.5 Å². The van der Waals surface area contributed by atoms with Gasteiger partial charge < -0.3 is 9.47 Å². The molecule has 1 aromatic rings. The Morgan fingerprint density at radius 1 is 1.37 bits per heavy atom. The molecule has 5 nitrogen and oxygen atoms in total. The Hall–Kier alpha value is -0.820. The molecule has 1 rings (SSSR count). The summed E-state index contributed by atoms with van der Waals surface area (Å²) in [7, 11) is -0.688. The number of ether oxygens (including phenoxy) is 2. The minimum absolute atomic E-state index is 0.0900. The molecule has 1 aromatic carbocycles. The lowest BCUT2D eigenvalue weighted by molar-refractivity contribution is 0.122. The minimum atomic E-state index is -3.63. The summed E-state index contributed by atoms with van der Waals surface area (Å²) in [4.78, 5) is 0.0900. The van der Waals surface area contributed by atoms with Crippen molar-refractivity contribution in [3.8, 4) is 5.75 Å². The summed E-state index contributed by atoms with van der Waals surface area (Å²) >= 11 is 5.71. The van der Waals surface area contributed by atoms with Gasteiger partial charge in [0.25, 0.3) is 0 Å². The number of benzene rings is 1. The van der Waals surface area contributed by atoms with E-state index in [1.807, 2.05) is 0 Å². The van der Waals surface area contributed by atoms with Gasteiger partial charge in [-0.1, -0.05) is 6.07 Å². The molecule has 1 N–H and O–H groups in total. The van der Waals surface area contributed by atoms with Crippen LogP contribution in [0.4, 0.5) is 0 Å². The number of hydrogen-bond acceptors (Lipinski definition) is 4. The van der Waals surface area contributed by atoms with Gasteiger partial charge in [-0.2, -0.15) is 0 Å². The largest absolute Gasteiger partial charge is 0.495 e. The lowest BCUT2D eigenvalue weighted by Crippen LogP contribution is -2.31. The summed E-state index contributed by atoms with van der Waals surface area (Å²) in [5.41, 5.74) is 0.794. The molecule has 1 atom stereocenters. The molecule has 0 amide bonds. The SMILES string of the molecule is COc1cc(CCl)ccc1S(=O)(=O)NCC(C)OC. The molecule has 0 fully saturated rings. The fourth-order valence-electron chi connectivity index (χ4n) is 1.41. The maximum Gasteiger partial charge on any atom is 0.244 e. The third kappa shape index (κ3) is 4.35. The van der Waals surface area contributed by atoms with Crippen molar-refractivity contribution in [2.24, 2.45) is 0 Å². The maximum absolute atomic E-state index is 12.2. The number of hydrogen-bond donors (Lipinski definition) is 1. The summed E-state index contributed by atoms with van der Waals surface area (Å²) in [5, 5.41) is 0. The molecule has 1 unspecified atom stereocenters. The minimum Gasteiger partial charge on any atom is -0.495 e. The third-order valence-corrected chi connectivity index (χ3v) is 4.41. The standard InChI is InChI=1S/C12H18ClNO4S/c1-9(17-2)8-14-19(15,16)12-5-4-10(7-13)6-11(12)18-3/h4-6,9,14H,7-8H2,1-3H3. The van der Waals surface area contributed by atoms with Gasteiger partial charge in [-0.15, -0.1) is 11.6 Å². The second-order valence-electron chi connectivity index (χ2n) is 4.02. The van der Waals surface area contributed by atoms with Crippen molar-refractivity contribution in [1.82, 2.24) is 4.72 Å². The third-order valence-electron chi connectivity index (χ3n) is 2.64. The highest BCUT2D eigenvalue weighted by Crippen LogP contribution is 2.25. The Bertz CT molecular complexity index is 518. The summed E-state index contributed by atoms with van der Waals surface area (Å²) < 4.78 is 36.9. The number of rotatable bonds is 7. The molecule has 0 heterocycles. The van der Waals surface area contributed by atoms with E-state index < -0.39 is 10.0 Å². The Morgan fingerprint density at radius 2 is 2.05 bits per heavy atom. The van der Waals surface area contributed by atoms with E-state index in [0.717, 1.165) is 5.56 Å². The number of nitrogens with one attached hydrogen (secondary N) is 1. The van der Waals surface area contributed by atoms with Gasteiger partial charge in [0.05, 0.1) is 13.2 Å². The van der Waals surface area contributed by atoms with Crippen LogP contribution in [0.5, 0.6) is 5.75 Å². The zero-order chi connectivity index (χ0) is 14.5. The summed E-state index contributed by atoms with van der Waals surface area (Å²) in [5.74, 6) is 0.570. The van der Waals surface area contributed by atoms with Crippen molar-refractivity contribution in [2.45, 2.75) is 23.8 Å². The smallest absolute Gasteiger partial charge is 0.244 e. The first kappa shape index (κ1) is 16.2. The molecule has 0 aliphatic rings. The molecule has 0 aliphatic carbocycles. The Balaban J connectivity index is 3.00. The molecule has 0 aliphatic heterocycles. The van der Waals surface area contributed by atoms with Gasteiger partial charge in [0.2, 0.25) is 10.0 Å². The molecule has 0 aromatic heterocycles. The molecule has 0 bridgehead atoms. The van der Waals surface area contributed by atoms with Crippen molar-refractivity contribution < 1.29 is 17.9 Å². The van der Waals surface area contributed by atoms with Gasteiger partial charge in [0.1, 0.15) is 10.6 Å². The normalized spacial score (nSPS) is 13.3. The second kappa shape index (κ2) is 7.09. The van der Waals surface area contributed by atoms with Gasteiger partial charge in [-0.05, 0) is 24.6 Å². The zero-order valence-corrected chi connectivity index (χ0v) is 12.7. The van der Waals surface area contributed by atoms with Crippen LogP contribution in [0.3, 0.4) is 0 Å². The van der Waals surface area contributed by atoms with Crippen molar-refractivity contribution in [1.29, 1.82) is 0 Å². The Kier molecular flexibility index (Phi) is 6.06. The van der Waals surface area contributed by atoms with Gasteiger partial charge >= 0.3 is 0 Å². The first-order chi connectivity index (χ1) is 8.94. The zero-order valence-electron chi connectivity index (χ0n) is 11.1. The van der Waals surface area contributed by atoms with Crippen molar-refractivity contribution in [2.75, 3.05) is 20.8 Å². The summed E-state index contributed by atoms with van der Waals surface area (Å²) in [6.07, 6.45) is -0.206. The van der Waals surface area contributed by atoms with E-state index in [9.17, 15) is 8.42 Å². The highest BCUT2D eigenvalue weighted by atomic mass is 35.5. The van der Waals surface area contributed by atoms with E-state index in [1.165, 1.54) is 20.3 Å². The van der Waals surface area contributed by atoms with E-state index in [0.29, 0.717) is 5.88 Å². The molecular formula is C12H18ClNO4S. The van der Waals surface area contributed by atoms with Crippen LogP contribution in [0.1, 0.15) is 12.5 Å². The summed E-state index contributed by atoms with van der Waals surface area (Å²) in [6.45, 7) is 1.97. The average Bonchev–Trinajstić information content (AvgIpc) is 2.43. The fourth-order valence-corrected chi connectivity index (χ4v) is 2.84. The van der Waals surface area contributed by atoms with Crippen molar-refractivity contribution in [3.05, 3.63) is 23.8 Å². The number of halogens is 1. The first-order valence-corrected chi connectivity index (χ1v) is 7.71. The van der Waals surface area contributed by atoms with E-state index >= 15 is 0 Å². The number of alkyl halides is 1. The Labute approximate surface area is 118 Å². The highest BCUT2D eigenvalue weighted by molar-refractivity contribution is 7.89. The van der Waals surface area contributed by atoms with Crippen molar-refractivity contribution >= 4 is 21.6 Å². The first-order valence-electron chi connectivity index (χ1n) is 5.70. The molecule has 0 spiro atoms. The predicted octanol–water partition coefficient (Wildman–Crippen LogP) is 1.75. The second-order valence-corrected chi connectivity index (χ2v) is 6.02. The van der Waals surface area contributed by atoms with Gasteiger partial charge in [0.15, 0.2) is 0 Å². The highest BCUT2D eigenvalue weighted by Gasteiger charge is 2.20. The number of methoxy groups -OCH3 is 2. The average molecular weight is 308 g/mol. The molecule has 7 heteroatoms. The van der Waals surface area contributed by atoms with Gasteiger partial charge in [-0.3, -0.25) is 0 Å². The fraction of sp³-hybridized carbons (Fsp3) is 0.500. The van der Waals surface area contributed by atoms with Crippen LogP contribution < -0.4 is 9.46 Å². The molecule has 0 saturated heterocycles. The van der Waals surface area contributed by atoms with Crippen molar-refractivity contribution in [3.63, 3.8) is 0 Å². The molecular weight excluding hydrogens is 290 g/mol. The lowest BCUT2D eigenvalue weighted by Gasteiger charge is -2.14. The lowest BCUT2D eigenvalue weighted by atomic mass is 10.2. The van der Waals surface area contributed by atoms with Crippen LogP contribution in [-0.4, -0.2) is 35.3 Å². The van der Waals surface area contributed by atoms with E-state index in [2.05, 4.69) is 4.72 Å². The predicted molar refractivity (Wildman–Crippen MR) is 74.2 cm³/mol. The maximum atomic E-state index is 12.2. The molecule has 0 saturated carbocycles. The van der Waals surface area contributed by atoms with E-state index in [-0.39, 0.29) is 23.3 Å². The van der Waals surface area contributed by atoms with E-state index in [1.54, 1.807) is 19.1 Å². The molecule has 108 valence electrons. The monoisotopic (exact) mass is 307 g/mol. The topological polar surface area (TPSA) is 64.6 Å². The molecule has 0 radical (unpaired) electrons. The Morgan fingerprint density at radius 3 is 2.58 bits per heavy atom. The number of sulfonamides is 1. The molecule has 19 heavy (non-hydrogen) atoms. The van der Waals surface area contributed by atoms with Crippen LogP contribution in [-0.2, 0) is 20.6 Å². The van der Waals surface area contributed by atoms with Crippen LogP contribution in [0.25, 0.3) is 0 Å². The van der Waals surface area contributed by atoms with Crippen LogP contribution in [0.2, 0.25) is 0 Å². The van der Waals surface area contributed by atoms with Crippen LogP contribution in [0, 0.1) is 0 Å². The van der Waals surface area contributed by atoms with Gasteiger partial charge in [-0.25, -0.2) is 13.1 Å². The quantitative estimate of drug-likeness (QED) is 0.779. The summed E-state index contributed by atoms with van der Waals surface area (Å²) in [6, 6.07) is 4.75.